The summed E-state index contributed by atoms with van der Waals surface area (Å²) in [6.07, 6.45) is 4.25. The zero-order valence-corrected chi connectivity index (χ0v) is 31.1. The summed E-state index contributed by atoms with van der Waals surface area (Å²) in [5.74, 6) is -1.68. The molecule has 0 radical (unpaired) electrons. The van der Waals surface area contributed by atoms with Gasteiger partial charge in [0.1, 0.15) is 23.7 Å². The number of ether oxygens (including phenoxy) is 2. The van der Waals surface area contributed by atoms with E-state index >= 15 is 0 Å². The highest BCUT2D eigenvalue weighted by Crippen LogP contribution is 2.34. The normalized spacial score (nSPS) is 26.7. The minimum absolute atomic E-state index is 0.0221. The van der Waals surface area contributed by atoms with Crippen LogP contribution >= 0.6 is 0 Å². The average molecular weight is 738 g/mol. The van der Waals surface area contributed by atoms with Crippen LogP contribution in [0, 0.1) is 11.8 Å². The second kappa shape index (κ2) is 15.2. The number of aromatic nitrogens is 2. The number of nitrogens with one attached hydrogen (secondary N) is 3. The Labute approximate surface area is 307 Å². The molecule has 1 unspecified atom stereocenters. The molecule has 4 fully saturated rings. The number of imide groups is 1. The van der Waals surface area contributed by atoms with Crippen molar-refractivity contribution < 1.29 is 38.2 Å². The molecule has 1 aliphatic carbocycles. The summed E-state index contributed by atoms with van der Waals surface area (Å²) in [5, 5.41) is 8.51. The lowest BCUT2D eigenvalue weighted by atomic mass is 9.81. The van der Waals surface area contributed by atoms with Gasteiger partial charge in [0, 0.05) is 44.2 Å². The maximum absolute atomic E-state index is 14.0. The molecule has 3 saturated heterocycles. The molecule has 288 valence electrons. The molecule has 1 saturated carbocycles. The van der Waals surface area contributed by atoms with Crippen LogP contribution in [0.2, 0.25) is 0 Å². The number of benzene rings is 1. The number of alkyl carbamates (subject to hydrolysis) is 1. The highest BCUT2D eigenvalue weighted by atomic mass is 16.6. The van der Waals surface area contributed by atoms with Gasteiger partial charge in [-0.2, -0.15) is 0 Å². The van der Waals surface area contributed by atoms with Crippen LogP contribution in [-0.2, 0) is 40.5 Å². The van der Waals surface area contributed by atoms with E-state index < -0.39 is 47.6 Å². The number of carbonyl (C=O) groups excluding carboxylic acids is 6. The van der Waals surface area contributed by atoms with Crippen LogP contribution in [0.15, 0.2) is 23.0 Å². The first-order chi connectivity index (χ1) is 25.1. The van der Waals surface area contributed by atoms with Crippen molar-refractivity contribution in [3.05, 3.63) is 28.7 Å². The molecule has 4 heterocycles. The van der Waals surface area contributed by atoms with Crippen LogP contribution in [0.4, 0.5) is 10.5 Å². The van der Waals surface area contributed by atoms with Crippen molar-refractivity contribution >= 4 is 52.4 Å². The Kier molecular flexibility index (Phi) is 10.9. The van der Waals surface area contributed by atoms with Gasteiger partial charge in [-0.15, -0.1) is 0 Å². The highest BCUT2D eigenvalue weighted by Gasteiger charge is 2.46. The fourth-order valence-electron chi connectivity index (χ4n) is 8.34. The molecule has 1 aromatic carbocycles. The second-order valence-electron chi connectivity index (χ2n) is 15.8. The van der Waals surface area contributed by atoms with E-state index in [0.717, 1.165) is 18.5 Å². The first-order valence-corrected chi connectivity index (χ1v) is 18.6. The number of hydrogen-bond donors (Lipinski definition) is 3. The van der Waals surface area contributed by atoms with Crippen molar-refractivity contribution in [2.45, 2.75) is 108 Å². The lowest BCUT2D eigenvalue weighted by Gasteiger charge is -2.40. The van der Waals surface area contributed by atoms with Gasteiger partial charge in [-0.1, -0.05) is 0 Å². The van der Waals surface area contributed by atoms with Crippen LogP contribution < -0.4 is 21.6 Å². The van der Waals surface area contributed by atoms with Crippen LogP contribution in [-0.4, -0.2) is 105 Å². The molecule has 2 aromatic rings. The summed E-state index contributed by atoms with van der Waals surface area (Å²) in [6.45, 7) is 6.22. The maximum Gasteiger partial charge on any atom is 0.408 e. The monoisotopic (exact) mass is 737 g/mol. The summed E-state index contributed by atoms with van der Waals surface area (Å²) < 4.78 is 13.4. The Hall–Kier alpha value is -4.89. The van der Waals surface area contributed by atoms with Crippen molar-refractivity contribution in [3.8, 4) is 0 Å². The van der Waals surface area contributed by atoms with Crippen LogP contribution in [0.25, 0.3) is 11.0 Å². The number of amides is 5. The molecule has 53 heavy (non-hydrogen) atoms. The van der Waals surface area contributed by atoms with Gasteiger partial charge in [0.05, 0.1) is 24.7 Å². The zero-order valence-electron chi connectivity index (χ0n) is 31.1. The SMILES string of the molecule is COC(=O)[C@@H]1CC[C@@H]2CCN(C(=O)[C@H]3CC[C@@H](CNc4ccc5c(c4)n(C)c(=O)n5C4CCC(=O)NC4=O)CC3)C[C@H](NC(=O)OC(C)(C)C)C(=O)N21. The van der Waals surface area contributed by atoms with Crippen molar-refractivity contribution in [2.75, 3.05) is 32.1 Å². The number of piperidine rings is 1. The number of anilines is 1. The molecule has 0 spiro atoms. The summed E-state index contributed by atoms with van der Waals surface area (Å²) >= 11 is 0. The largest absolute Gasteiger partial charge is 0.467 e. The van der Waals surface area contributed by atoms with Gasteiger partial charge in [0.25, 0.3) is 0 Å². The van der Waals surface area contributed by atoms with Crippen molar-refractivity contribution in [3.63, 3.8) is 0 Å². The Morgan fingerprint density at radius 3 is 2.36 bits per heavy atom. The van der Waals surface area contributed by atoms with Gasteiger partial charge < -0.3 is 29.9 Å². The third kappa shape index (κ3) is 8.05. The third-order valence-corrected chi connectivity index (χ3v) is 11.1. The van der Waals surface area contributed by atoms with Gasteiger partial charge in [-0.25, -0.2) is 14.4 Å². The molecule has 16 nitrogen and oxygen atoms in total. The molecular weight excluding hydrogens is 686 g/mol. The van der Waals surface area contributed by atoms with E-state index in [4.69, 9.17) is 9.47 Å². The number of aryl methyl sites for hydroxylation is 1. The topological polar surface area (TPSA) is 190 Å². The first kappa shape index (κ1) is 37.9. The quantitative estimate of drug-likeness (QED) is 0.281. The molecule has 1 aromatic heterocycles. The smallest absolute Gasteiger partial charge is 0.408 e. The van der Waals surface area contributed by atoms with Crippen molar-refractivity contribution in [2.24, 2.45) is 18.9 Å². The fourth-order valence-corrected chi connectivity index (χ4v) is 8.34. The summed E-state index contributed by atoms with van der Waals surface area (Å²) in [5.41, 5.74) is 1.01. The number of methoxy groups -OCH3 is 1. The minimum atomic E-state index is -1.08. The molecule has 0 bridgehead atoms. The summed E-state index contributed by atoms with van der Waals surface area (Å²) in [4.78, 5) is 94.0. The number of carbonyl (C=O) groups is 6. The Balaban J connectivity index is 1.08. The molecule has 3 N–H and O–H groups in total. The number of fused-ring (bicyclic) bond motifs is 2. The first-order valence-electron chi connectivity index (χ1n) is 18.6. The highest BCUT2D eigenvalue weighted by molar-refractivity contribution is 6.00. The van der Waals surface area contributed by atoms with Crippen molar-refractivity contribution in [1.82, 2.24) is 29.6 Å². The van der Waals surface area contributed by atoms with Crippen LogP contribution in [0.1, 0.15) is 84.6 Å². The Morgan fingerprint density at radius 1 is 0.943 bits per heavy atom. The van der Waals surface area contributed by atoms with Crippen LogP contribution in [0.5, 0.6) is 0 Å². The Bertz CT molecular complexity index is 1840. The van der Waals surface area contributed by atoms with Gasteiger partial charge in [0.15, 0.2) is 0 Å². The molecule has 5 amide bonds. The molecule has 16 heteroatoms. The standard InChI is InChI=1S/C37H51N7O9/c1-37(2,3)53-35(50)39-25-20-42(17-16-24-11-13-28(34(49)52-5)43(24)33(25)48)32(47)22-8-6-21(7-9-22)19-38-23-10-12-26-29(18-23)41(4)36(51)44(26)27-14-15-30(45)40-31(27)46/h10,12,18,21-22,24-25,27-28,38H,6-9,11,13-17,19-20H2,1-5H3,(H,39,50)(H,40,45,46)/t21-,22+,24-,25+,27?,28+/m1/s1. The zero-order chi connectivity index (χ0) is 38.2. The van der Waals surface area contributed by atoms with Gasteiger partial charge in [-0.3, -0.25) is 33.6 Å². The predicted octanol–water partition coefficient (Wildman–Crippen LogP) is 2.19. The van der Waals surface area contributed by atoms with E-state index in [1.807, 2.05) is 18.2 Å². The number of esters is 1. The minimum Gasteiger partial charge on any atom is -0.467 e. The van der Waals surface area contributed by atoms with E-state index in [9.17, 15) is 33.6 Å². The van der Waals surface area contributed by atoms with E-state index in [-0.39, 0.29) is 48.9 Å². The van der Waals surface area contributed by atoms with E-state index in [2.05, 4.69) is 16.0 Å². The van der Waals surface area contributed by atoms with Gasteiger partial charge >= 0.3 is 17.8 Å². The fraction of sp³-hybridized carbons (Fsp3) is 0.649. The predicted molar refractivity (Wildman–Crippen MR) is 193 cm³/mol. The van der Waals surface area contributed by atoms with E-state index in [1.165, 1.54) is 16.2 Å². The molecule has 4 aliphatic rings. The summed E-state index contributed by atoms with van der Waals surface area (Å²) in [7, 11) is 2.95. The van der Waals surface area contributed by atoms with Crippen LogP contribution in [0.3, 0.4) is 0 Å². The molecular formula is C37H51N7O9. The second-order valence-corrected chi connectivity index (χ2v) is 15.8. The molecule has 6 rings (SSSR count). The number of imidazole rings is 1. The van der Waals surface area contributed by atoms with E-state index in [0.29, 0.717) is 62.1 Å². The third-order valence-electron chi connectivity index (χ3n) is 11.1. The number of nitrogens with zero attached hydrogens (tertiary/aromatic N) is 4. The van der Waals surface area contributed by atoms with Gasteiger partial charge in [-0.05, 0) is 96.3 Å². The van der Waals surface area contributed by atoms with Gasteiger partial charge in [0.2, 0.25) is 23.6 Å². The lowest BCUT2D eigenvalue weighted by molar-refractivity contribution is -0.155. The average Bonchev–Trinajstić information content (AvgIpc) is 3.64. The maximum atomic E-state index is 14.0. The lowest BCUT2D eigenvalue weighted by Crippen LogP contribution is -2.61. The van der Waals surface area contributed by atoms with Crippen molar-refractivity contribution in [1.29, 1.82) is 0 Å². The number of rotatable bonds is 7. The molecule has 3 aliphatic heterocycles. The van der Waals surface area contributed by atoms with E-state index in [1.54, 1.807) is 37.6 Å². The summed E-state index contributed by atoms with van der Waals surface area (Å²) in [6, 6.07) is 2.76. The molecule has 4 atom stereocenters. The Morgan fingerprint density at radius 2 is 1.68 bits per heavy atom. The number of hydrogen-bond acceptors (Lipinski definition) is 10.